The standard InChI is InChI=1S/C19H21N5O2/c1-3-26-18-10-6-16(7-11-18)23-19(25)22-14(2)15-4-8-17(9-5-15)24-13-20-12-21-24/h4-14H,3H2,1-2H3,(H2,22,23,25). The van der Waals surface area contributed by atoms with Crippen molar-refractivity contribution >= 4 is 11.7 Å². The number of hydrogen-bond acceptors (Lipinski definition) is 4. The van der Waals surface area contributed by atoms with Crippen molar-refractivity contribution in [2.24, 2.45) is 0 Å². The summed E-state index contributed by atoms with van der Waals surface area (Å²) in [6.07, 6.45) is 3.13. The lowest BCUT2D eigenvalue weighted by atomic mass is 10.1. The molecule has 1 aromatic heterocycles. The summed E-state index contributed by atoms with van der Waals surface area (Å²) in [5, 5.41) is 9.83. The van der Waals surface area contributed by atoms with Crippen LogP contribution in [-0.2, 0) is 0 Å². The predicted molar refractivity (Wildman–Crippen MR) is 99.5 cm³/mol. The molecule has 3 rings (SSSR count). The molecule has 0 spiro atoms. The first-order valence-electron chi connectivity index (χ1n) is 8.41. The van der Waals surface area contributed by atoms with Gasteiger partial charge in [0.05, 0.1) is 18.3 Å². The SMILES string of the molecule is CCOc1ccc(NC(=O)NC(C)c2ccc(-n3cncn3)cc2)cc1. The molecule has 134 valence electrons. The second-order valence-electron chi connectivity index (χ2n) is 5.71. The average Bonchev–Trinajstić information content (AvgIpc) is 3.18. The Kier molecular flexibility index (Phi) is 5.48. The second kappa shape index (κ2) is 8.15. The van der Waals surface area contributed by atoms with Crippen LogP contribution in [0.2, 0.25) is 0 Å². The number of nitrogens with one attached hydrogen (secondary N) is 2. The zero-order chi connectivity index (χ0) is 18.4. The number of carbonyl (C=O) groups excluding carboxylic acids is 1. The summed E-state index contributed by atoms with van der Waals surface area (Å²) < 4.78 is 7.07. The van der Waals surface area contributed by atoms with Gasteiger partial charge in [-0.2, -0.15) is 5.10 Å². The van der Waals surface area contributed by atoms with E-state index in [4.69, 9.17) is 4.74 Å². The highest BCUT2D eigenvalue weighted by Crippen LogP contribution is 2.17. The molecular weight excluding hydrogens is 330 g/mol. The van der Waals surface area contributed by atoms with E-state index in [1.54, 1.807) is 11.0 Å². The summed E-state index contributed by atoms with van der Waals surface area (Å²) in [6.45, 7) is 4.47. The van der Waals surface area contributed by atoms with Gasteiger partial charge >= 0.3 is 6.03 Å². The Balaban J connectivity index is 1.56. The summed E-state index contributed by atoms with van der Waals surface area (Å²) in [6, 6.07) is 14.7. The summed E-state index contributed by atoms with van der Waals surface area (Å²) in [7, 11) is 0. The van der Waals surface area contributed by atoms with Gasteiger partial charge in [-0.3, -0.25) is 0 Å². The smallest absolute Gasteiger partial charge is 0.319 e. The van der Waals surface area contributed by atoms with Crippen LogP contribution >= 0.6 is 0 Å². The van der Waals surface area contributed by atoms with E-state index >= 15 is 0 Å². The third-order valence-electron chi connectivity index (χ3n) is 3.85. The molecule has 7 nitrogen and oxygen atoms in total. The molecule has 0 radical (unpaired) electrons. The molecular formula is C19H21N5O2. The highest BCUT2D eigenvalue weighted by atomic mass is 16.5. The summed E-state index contributed by atoms with van der Waals surface area (Å²) in [5.41, 5.74) is 2.62. The van der Waals surface area contributed by atoms with E-state index in [2.05, 4.69) is 20.7 Å². The molecule has 0 aliphatic heterocycles. The molecule has 0 fully saturated rings. The van der Waals surface area contributed by atoms with Gasteiger partial charge in [0.25, 0.3) is 0 Å². The zero-order valence-electron chi connectivity index (χ0n) is 14.7. The first-order valence-corrected chi connectivity index (χ1v) is 8.41. The minimum Gasteiger partial charge on any atom is -0.494 e. The maximum atomic E-state index is 12.2. The van der Waals surface area contributed by atoms with Crippen molar-refractivity contribution in [2.45, 2.75) is 19.9 Å². The quantitative estimate of drug-likeness (QED) is 0.712. The van der Waals surface area contributed by atoms with Gasteiger partial charge in [-0.05, 0) is 55.8 Å². The van der Waals surface area contributed by atoms with E-state index in [-0.39, 0.29) is 12.1 Å². The van der Waals surface area contributed by atoms with Crippen molar-refractivity contribution in [1.29, 1.82) is 0 Å². The van der Waals surface area contributed by atoms with Crippen LogP contribution in [0.15, 0.2) is 61.2 Å². The Bertz CT molecular complexity index is 829. The maximum Gasteiger partial charge on any atom is 0.319 e. The van der Waals surface area contributed by atoms with Crippen molar-refractivity contribution in [3.05, 3.63) is 66.7 Å². The fourth-order valence-corrected chi connectivity index (χ4v) is 2.51. The minimum absolute atomic E-state index is 0.137. The Morgan fingerprint density at radius 3 is 2.50 bits per heavy atom. The van der Waals surface area contributed by atoms with Crippen LogP contribution in [-0.4, -0.2) is 27.4 Å². The van der Waals surface area contributed by atoms with Crippen LogP contribution in [0, 0.1) is 0 Å². The largest absolute Gasteiger partial charge is 0.494 e. The van der Waals surface area contributed by atoms with Crippen molar-refractivity contribution in [3.63, 3.8) is 0 Å². The number of rotatable bonds is 6. The van der Waals surface area contributed by atoms with Gasteiger partial charge in [-0.15, -0.1) is 0 Å². The van der Waals surface area contributed by atoms with Gasteiger partial charge in [0, 0.05) is 5.69 Å². The first-order chi connectivity index (χ1) is 12.7. The van der Waals surface area contributed by atoms with Gasteiger partial charge in [0.15, 0.2) is 0 Å². The molecule has 0 saturated carbocycles. The lowest BCUT2D eigenvalue weighted by Gasteiger charge is -2.16. The van der Waals surface area contributed by atoms with E-state index in [0.29, 0.717) is 12.3 Å². The molecule has 2 aromatic carbocycles. The lowest BCUT2D eigenvalue weighted by Crippen LogP contribution is -2.31. The molecule has 3 aromatic rings. The Labute approximate surface area is 152 Å². The predicted octanol–water partition coefficient (Wildman–Crippen LogP) is 3.55. The van der Waals surface area contributed by atoms with Crippen LogP contribution in [0.25, 0.3) is 5.69 Å². The third kappa shape index (κ3) is 4.38. The Morgan fingerprint density at radius 1 is 1.15 bits per heavy atom. The maximum absolute atomic E-state index is 12.2. The topological polar surface area (TPSA) is 81.1 Å². The molecule has 7 heteroatoms. The molecule has 1 atom stereocenters. The second-order valence-corrected chi connectivity index (χ2v) is 5.71. The summed E-state index contributed by atoms with van der Waals surface area (Å²) in [4.78, 5) is 16.1. The van der Waals surface area contributed by atoms with Gasteiger partial charge in [-0.25, -0.2) is 14.5 Å². The molecule has 1 unspecified atom stereocenters. The molecule has 2 N–H and O–H groups in total. The van der Waals surface area contributed by atoms with E-state index in [9.17, 15) is 4.79 Å². The van der Waals surface area contributed by atoms with E-state index in [1.165, 1.54) is 6.33 Å². The molecule has 0 aliphatic rings. The molecule has 1 heterocycles. The number of aromatic nitrogens is 3. The normalized spacial score (nSPS) is 11.6. The Hall–Kier alpha value is -3.35. The molecule has 26 heavy (non-hydrogen) atoms. The van der Waals surface area contributed by atoms with Crippen LogP contribution in [0.4, 0.5) is 10.5 Å². The average molecular weight is 351 g/mol. The minimum atomic E-state index is -0.262. The number of anilines is 1. The lowest BCUT2D eigenvalue weighted by molar-refractivity contribution is 0.249. The summed E-state index contributed by atoms with van der Waals surface area (Å²) >= 11 is 0. The molecule has 2 amide bonds. The van der Waals surface area contributed by atoms with Crippen molar-refractivity contribution in [3.8, 4) is 11.4 Å². The van der Waals surface area contributed by atoms with E-state index in [1.807, 2.05) is 62.4 Å². The molecule has 0 bridgehead atoms. The number of nitrogens with zero attached hydrogens (tertiary/aromatic N) is 3. The van der Waals surface area contributed by atoms with Gasteiger partial charge in [-0.1, -0.05) is 12.1 Å². The van der Waals surface area contributed by atoms with Crippen LogP contribution in [0.3, 0.4) is 0 Å². The van der Waals surface area contributed by atoms with Crippen molar-refractivity contribution in [2.75, 3.05) is 11.9 Å². The highest BCUT2D eigenvalue weighted by Gasteiger charge is 2.10. The van der Waals surface area contributed by atoms with Crippen LogP contribution in [0.5, 0.6) is 5.75 Å². The Morgan fingerprint density at radius 2 is 1.88 bits per heavy atom. The van der Waals surface area contributed by atoms with Crippen LogP contribution < -0.4 is 15.4 Å². The number of ether oxygens (including phenoxy) is 1. The number of amides is 2. The van der Waals surface area contributed by atoms with E-state index < -0.39 is 0 Å². The first kappa shape index (κ1) is 17.5. The monoisotopic (exact) mass is 351 g/mol. The number of hydrogen-bond donors (Lipinski definition) is 2. The fourth-order valence-electron chi connectivity index (χ4n) is 2.51. The van der Waals surface area contributed by atoms with Gasteiger partial charge in [0.2, 0.25) is 0 Å². The van der Waals surface area contributed by atoms with Crippen LogP contribution in [0.1, 0.15) is 25.5 Å². The number of urea groups is 1. The number of carbonyl (C=O) groups is 1. The molecule has 0 saturated heterocycles. The van der Waals surface area contributed by atoms with Crippen molar-refractivity contribution in [1.82, 2.24) is 20.1 Å². The third-order valence-corrected chi connectivity index (χ3v) is 3.85. The highest BCUT2D eigenvalue weighted by molar-refractivity contribution is 5.89. The van der Waals surface area contributed by atoms with Gasteiger partial charge in [0.1, 0.15) is 18.4 Å². The molecule has 0 aliphatic carbocycles. The number of benzene rings is 2. The fraction of sp³-hybridized carbons (Fsp3) is 0.211. The summed E-state index contributed by atoms with van der Waals surface area (Å²) in [5.74, 6) is 0.777. The van der Waals surface area contributed by atoms with Crippen molar-refractivity contribution < 1.29 is 9.53 Å². The van der Waals surface area contributed by atoms with Gasteiger partial charge < -0.3 is 15.4 Å². The zero-order valence-corrected chi connectivity index (χ0v) is 14.7. The van der Waals surface area contributed by atoms with E-state index in [0.717, 1.165) is 17.0 Å².